The summed E-state index contributed by atoms with van der Waals surface area (Å²) in [6.07, 6.45) is 6.88. The molecule has 0 heterocycles. The highest BCUT2D eigenvalue weighted by atomic mass is 79.9. The van der Waals surface area contributed by atoms with Gasteiger partial charge in [-0.3, -0.25) is 0 Å². The Labute approximate surface area is 124 Å². The topological polar surface area (TPSA) is 35.2 Å². The molecule has 0 aliphatic heterocycles. The summed E-state index contributed by atoms with van der Waals surface area (Å²) < 4.78 is 7.20. The van der Waals surface area contributed by atoms with Gasteiger partial charge in [0.05, 0.1) is 12.7 Å². The van der Waals surface area contributed by atoms with E-state index in [0.29, 0.717) is 19.3 Å². The highest BCUT2D eigenvalue weighted by Gasteiger charge is 2.21. The van der Waals surface area contributed by atoms with E-state index in [1.165, 1.54) is 37.7 Å². The van der Waals surface area contributed by atoms with Crippen LogP contribution >= 0.6 is 15.9 Å². The highest BCUT2D eigenvalue weighted by Crippen LogP contribution is 2.29. The van der Waals surface area contributed by atoms with Gasteiger partial charge in [-0.1, -0.05) is 54.2 Å². The van der Waals surface area contributed by atoms with Gasteiger partial charge in [-0.2, -0.15) is 0 Å². The summed E-state index contributed by atoms with van der Waals surface area (Å²) in [7, 11) is 0. The van der Waals surface area contributed by atoms with Crippen LogP contribution in [0.1, 0.15) is 50.2 Å². The van der Waals surface area contributed by atoms with Gasteiger partial charge in [-0.25, -0.2) is 0 Å². The minimum absolute atomic E-state index is 0.444. The Bertz CT molecular complexity index is 408. The van der Waals surface area contributed by atoms with E-state index in [-0.39, 0.29) is 0 Å². The van der Waals surface area contributed by atoms with Crippen LogP contribution in [-0.4, -0.2) is 6.10 Å². The van der Waals surface area contributed by atoms with Gasteiger partial charge < -0.3 is 10.5 Å². The average Bonchev–Trinajstić information content (AvgIpc) is 2.46. The number of hydrogen-bond donors (Lipinski definition) is 1. The maximum absolute atomic E-state index is 6.09. The van der Waals surface area contributed by atoms with E-state index in [2.05, 4.69) is 41.1 Å². The molecule has 2 unspecified atom stereocenters. The molecular formula is C16H24BrNO. The van der Waals surface area contributed by atoms with Gasteiger partial charge in [0.2, 0.25) is 0 Å². The Morgan fingerprint density at radius 3 is 2.89 bits per heavy atom. The molecule has 2 rings (SSSR count). The fraction of sp³-hybridized carbons (Fsp3) is 0.625. The molecule has 1 aromatic carbocycles. The van der Waals surface area contributed by atoms with Crippen molar-refractivity contribution >= 4 is 15.9 Å². The van der Waals surface area contributed by atoms with Gasteiger partial charge >= 0.3 is 0 Å². The molecule has 0 bridgehead atoms. The van der Waals surface area contributed by atoms with Crippen LogP contribution < -0.4 is 5.73 Å². The van der Waals surface area contributed by atoms with Crippen molar-refractivity contribution in [1.82, 2.24) is 0 Å². The first kappa shape index (κ1) is 15.0. The lowest BCUT2D eigenvalue weighted by molar-refractivity contribution is 0.00153. The number of nitrogens with two attached hydrogens (primary N) is 1. The molecule has 0 amide bonds. The zero-order valence-electron chi connectivity index (χ0n) is 11.7. The molecule has 19 heavy (non-hydrogen) atoms. The molecule has 2 nitrogen and oxygen atoms in total. The van der Waals surface area contributed by atoms with E-state index in [4.69, 9.17) is 10.5 Å². The number of ether oxygens (including phenoxy) is 1. The van der Waals surface area contributed by atoms with Crippen LogP contribution in [0.3, 0.4) is 0 Å². The van der Waals surface area contributed by atoms with E-state index >= 15 is 0 Å². The van der Waals surface area contributed by atoms with Gasteiger partial charge in [0.15, 0.2) is 0 Å². The van der Waals surface area contributed by atoms with E-state index in [1.807, 2.05) is 0 Å². The van der Waals surface area contributed by atoms with Crippen molar-refractivity contribution in [2.45, 2.75) is 58.3 Å². The van der Waals surface area contributed by atoms with Crippen LogP contribution in [0.15, 0.2) is 22.7 Å². The molecule has 1 fully saturated rings. The first-order chi connectivity index (χ1) is 9.22. The summed E-state index contributed by atoms with van der Waals surface area (Å²) in [6, 6.07) is 6.29. The van der Waals surface area contributed by atoms with E-state index in [0.717, 1.165) is 16.0 Å². The molecule has 2 atom stereocenters. The molecule has 1 saturated carbocycles. The largest absolute Gasteiger partial charge is 0.373 e. The van der Waals surface area contributed by atoms with Crippen molar-refractivity contribution in [3.63, 3.8) is 0 Å². The lowest BCUT2D eigenvalue weighted by Crippen LogP contribution is -2.22. The van der Waals surface area contributed by atoms with Crippen LogP contribution in [0.4, 0.5) is 0 Å². The van der Waals surface area contributed by atoms with Crippen LogP contribution in [0.25, 0.3) is 0 Å². The zero-order valence-corrected chi connectivity index (χ0v) is 13.3. The van der Waals surface area contributed by atoms with Crippen molar-refractivity contribution < 1.29 is 4.74 Å². The first-order valence-corrected chi connectivity index (χ1v) is 8.11. The SMILES string of the molecule is CCC1CCCC(OCc2ccc(CN)cc2Br)C1. The van der Waals surface area contributed by atoms with Crippen molar-refractivity contribution in [3.8, 4) is 0 Å². The number of halogens is 1. The van der Waals surface area contributed by atoms with Gasteiger partial charge in [0.25, 0.3) is 0 Å². The van der Waals surface area contributed by atoms with Gasteiger partial charge in [-0.05, 0) is 36.0 Å². The molecule has 0 radical (unpaired) electrons. The van der Waals surface area contributed by atoms with Crippen molar-refractivity contribution in [1.29, 1.82) is 0 Å². The van der Waals surface area contributed by atoms with E-state index in [1.54, 1.807) is 0 Å². The van der Waals surface area contributed by atoms with Crippen LogP contribution in [0.5, 0.6) is 0 Å². The van der Waals surface area contributed by atoms with Crippen LogP contribution in [0, 0.1) is 5.92 Å². The highest BCUT2D eigenvalue weighted by molar-refractivity contribution is 9.10. The van der Waals surface area contributed by atoms with Crippen molar-refractivity contribution in [2.75, 3.05) is 0 Å². The average molecular weight is 326 g/mol. The fourth-order valence-electron chi connectivity index (χ4n) is 2.81. The van der Waals surface area contributed by atoms with E-state index in [9.17, 15) is 0 Å². The molecule has 0 aromatic heterocycles. The molecule has 106 valence electrons. The first-order valence-electron chi connectivity index (χ1n) is 7.32. The lowest BCUT2D eigenvalue weighted by Gasteiger charge is -2.28. The Balaban J connectivity index is 1.88. The van der Waals surface area contributed by atoms with Crippen LogP contribution in [-0.2, 0) is 17.9 Å². The monoisotopic (exact) mass is 325 g/mol. The maximum Gasteiger partial charge on any atom is 0.0731 e. The Morgan fingerprint density at radius 1 is 1.37 bits per heavy atom. The number of rotatable bonds is 5. The second-order valence-electron chi connectivity index (χ2n) is 5.50. The summed E-state index contributed by atoms with van der Waals surface area (Å²) in [6.45, 7) is 3.57. The number of benzene rings is 1. The van der Waals surface area contributed by atoms with Crippen LogP contribution in [0.2, 0.25) is 0 Å². The second-order valence-corrected chi connectivity index (χ2v) is 6.36. The smallest absolute Gasteiger partial charge is 0.0731 e. The third kappa shape index (κ3) is 4.30. The molecule has 1 aliphatic carbocycles. The normalized spacial score (nSPS) is 23.5. The molecule has 0 spiro atoms. The molecule has 3 heteroatoms. The van der Waals surface area contributed by atoms with Gasteiger partial charge in [0.1, 0.15) is 0 Å². The number of hydrogen-bond acceptors (Lipinski definition) is 2. The molecule has 1 aliphatic rings. The maximum atomic E-state index is 6.09. The summed E-state index contributed by atoms with van der Waals surface area (Å²) in [4.78, 5) is 0. The fourth-order valence-corrected chi connectivity index (χ4v) is 3.35. The van der Waals surface area contributed by atoms with Gasteiger partial charge in [0, 0.05) is 11.0 Å². The Hall–Kier alpha value is -0.380. The molecular weight excluding hydrogens is 302 g/mol. The summed E-state index contributed by atoms with van der Waals surface area (Å²) in [5.41, 5.74) is 8.01. The van der Waals surface area contributed by atoms with E-state index < -0.39 is 0 Å². The Kier molecular flexibility index (Phi) is 5.86. The van der Waals surface area contributed by atoms with Gasteiger partial charge in [-0.15, -0.1) is 0 Å². The summed E-state index contributed by atoms with van der Waals surface area (Å²) >= 11 is 3.60. The molecule has 1 aromatic rings. The second kappa shape index (κ2) is 7.41. The quantitative estimate of drug-likeness (QED) is 0.871. The lowest BCUT2D eigenvalue weighted by atomic mass is 9.85. The minimum atomic E-state index is 0.444. The molecule has 0 saturated heterocycles. The van der Waals surface area contributed by atoms with Crippen molar-refractivity contribution in [3.05, 3.63) is 33.8 Å². The molecule has 2 N–H and O–H groups in total. The standard InChI is InChI=1S/C16H24BrNO/c1-2-12-4-3-5-15(8-12)19-11-14-7-6-13(10-18)9-16(14)17/h6-7,9,12,15H,2-5,8,10-11,18H2,1H3. The third-order valence-corrected chi connectivity index (χ3v) is 4.88. The Morgan fingerprint density at radius 2 is 2.21 bits per heavy atom. The predicted molar refractivity (Wildman–Crippen MR) is 82.9 cm³/mol. The summed E-state index contributed by atoms with van der Waals surface area (Å²) in [5, 5.41) is 0. The predicted octanol–water partition coefficient (Wildman–Crippen LogP) is 4.39. The van der Waals surface area contributed by atoms with Crippen molar-refractivity contribution in [2.24, 2.45) is 11.7 Å². The summed E-state index contributed by atoms with van der Waals surface area (Å²) in [5.74, 6) is 0.863. The third-order valence-electron chi connectivity index (χ3n) is 4.14. The zero-order chi connectivity index (χ0) is 13.7. The minimum Gasteiger partial charge on any atom is -0.373 e.